The summed E-state index contributed by atoms with van der Waals surface area (Å²) in [5, 5.41) is 5.07. The molecule has 45 heavy (non-hydrogen) atoms. The van der Waals surface area contributed by atoms with Crippen LogP contribution in [0.3, 0.4) is 0 Å². The molecular formula is C37H45ClN6S. The third kappa shape index (κ3) is 6.05. The third-order valence-corrected chi connectivity index (χ3v) is 10.2. The first kappa shape index (κ1) is 31.4. The molecule has 0 amide bonds. The quantitative estimate of drug-likeness (QED) is 0.194. The number of nitrogens with zero attached hydrogens (tertiary/aromatic N) is 5. The standard InChI is InChI=1S/C37H45ClN6S/c1-7-41(8-2)28-12-14-29(15-13-28)43-26(5)20-31(27(43)6)36-35(33-11-9-10-18-39-33)40-37(45)44(36)30-16-17-34(32(38)21-30)42-22-24(3)19-25(4)23-42/h9-18,20-21,24-25,35-36H,7-8,19,22-23H2,1-6H3,(H,40,45)/t24-,25-,35-,36+/m0/s1. The Morgan fingerprint density at radius 3 is 2.24 bits per heavy atom. The van der Waals surface area contributed by atoms with Gasteiger partial charge in [0.1, 0.15) is 0 Å². The number of aromatic nitrogens is 2. The summed E-state index contributed by atoms with van der Waals surface area (Å²) < 4.78 is 2.35. The van der Waals surface area contributed by atoms with Crippen LogP contribution in [-0.2, 0) is 0 Å². The van der Waals surface area contributed by atoms with E-state index in [-0.39, 0.29) is 12.1 Å². The van der Waals surface area contributed by atoms with Gasteiger partial charge in [0.05, 0.1) is 28.5 Å². The molecule has 0 radical (unpaired) electrons. The van der Waals surface area contributed by atoms with Gasteiger partial charge in [0, 0.05) is 60.8 Å². The molecule has 4 aromatic rings. The van der Waals surface area contributed by atoms with Gasteiger partial charge in [-0.3, -0.25) is 4.98 Å². The Labute approximate surface area is 279 Å². The number of aryl methyl sites for hydroxylation is 1. The molecule has 4 heterocycles. The van der Waals surface area contributed by atoms with E-state index < -0.39 is 0 Å². The predicted octanol–water partition coefficient (Wildman–Crippen LogP) is 8.65. The van der Waals surface area contributed by atoms with Crippen LogP contribution in [0.15, 0.2) is 72.9 Å². The summed E-state index contributed by atoms with van der Waals surface area (Å²) in [5.74, 6) is 1.29. The van der Waals surface area contributed by atoms with Crippen LogP contribution in [-0.4, -0.2) is 40.8 Å². The Morgan fingerprint density at radius 1 is 0.933 bits per heavy atom. The van der Waals surface area contributed by atoms with Crippen LogP contribution in [0, 0.1) is 25.7 Å². The zero-order valence-electron chi connectivity index (χ0n) is 27.3. The van der Waals surface area contributed by atoms with E-state index in [1.807, 2.05) is 18.3 Å². The van der Waals surface area contributed by atoms with Crippen LogP contribution >= 0.6 is 23.8 Å². The van der Waals surface area contributed by atoms with Gasteiger partial charge in [-0.25, -0.2) is 0 Å². The fraction of sp³-hybridized carbons (Fsp3) is 0.405. The molecule has 2 fully saturated rings. The Balaban J connectivity index is 1.41. The molecule has 0 bridgehead atoms. The number of hydrogen-bond donors (Lipinski definition) is 1. The fourth-order valence-corrected chi connectivity index (χ4v) is 8.24. The molecule has 0 saturated carbocycles. The molecule has 6 rings (SSSR count). The van der Waals surface area contributed by atoms with Crippen molar-refractivity contribution in [2.75, 3.05) is 40.9 Å². The second kappa shape index (κ2) is 13.1. The van der Waals surface area contributed by atoms with Crippen molar-refractivity contribution >= 4 is 46.0 Å². The minimum atomic E-state index is -0.125. The molecule has 2 aliphatic heterocycles. The molecule has 6 nitrogen and oxygen atoms in total. The molecule has 2 aliphatic rings. The average Bonchev–Trinajstić information content (AvgIpc) is 3.52. The molecule has 1 N–H and O–H groups in total. The Bertz CT molecular complexity index is 1640. The third-order valence-electron chi connectivity index (χ3n) is 9.54. The summed E-state index contributed by atoms with van der Waals surface area (Å²) in [6.45, 7) is 17.5. The van der Waals surface area contributed by atoms with Crippen LogP contribution in [0.4, 0.5) is 17.1 Å². The maximum Gasteiger partial charge on any atom is 0.174 e. The van der Waals surface area contributed by atoms with Crippen molar-refractivity contribution in [1.82, 2.24) is 14.9 Å². The van der Waals surface area contributed by atoms with Crippen molar-refractivity contribution in [3.8, 4) is 5.69 Å². The van der Waals surface area contributed by atoms with E-state index in [1.165, 1.54) is 29.1 Å². The fourth-order valence-electron chi connectivity index (χ4n) is 7.60. The SMILES string of the molecule is CCN(CC)c1ccc(-n2c(C)cc([C@@H]3[C@H](c4ccccn4)NC(=S)N3c3ccc(N4C[C@@H](C)C[C@H](C)C4)c(Cl)c3)c2C)cc1. The number of anilines is 3. The van der Waals surface area contributed by atoms with E-state index in [9.17, 15) is 0 Å². The van der Waals surface area contributed by atoms with Crippen molar-refractivity contribution in [2.45, 2.75) is 60.0 Å². The van der Waals surface area contributed by atoms with Crippen LogP contribution in [0.5, 0.6) is 0 Å². The lowest BCUT2D eigenvalue weighted by Gasteiger charge is -2.37. The number of nitrogens with one attached hydrogen (secondary N) is 1. The largest absolute Gasteiger partial charge is 0.372 e. The molecular weight excluding hydrogens is 596 g/mol. The minimum Gasteiger partial charge on any atom is -0.372 e. The summed E-state index contributed by atoms with van der Waals surface area (Å²) in [7, 11) is 0. The van der Waals surface area contributed by atoms with Crippen molar-refractivity contribution < 1.29 is 0 Å². The first-order valence-corrected chi connectivity index (χ1v) is 17.1. The monoisotopic (exact) mass is 640 g/mol. The summed E-state index contributed by atoms with van der Waals surface area (Å²) in [6, 6.07) is 23.5. The highest BCUT2D eigenvalue weighted by Crippen LogP contribution is 2.45. The van der Waals surface area contributed by atoms with E-state index in [0.717, 1.165) is 54.0 Å². The minimum absolute atomic E-state index is 0.112. The van der Waals surface area contributed by atoms with Gasteiger partial charge in [0.2, 0.25) is 0 Å². The zero-order chi connectivity index (χ0) is 31.8. The summed E-state index contributed by atoms with van der Waals surface area (Å²) in [5.41, 5.74) is 9.01. The Hall–Kier alpha value is -3.55. The van der Waals surface area contributed by atoms with Gasteiger partial charge in [0.15, 0.2) is 5.11 Å². The van der Waals surface area contributed by atoms with Gasteiger partial charge in [0.25, 0.3) is 0 Å². The van der Waals surface area contributed by atoms with Crippen LogP contribution in [0.2, 0.25) is 5.02 Å². The molecule has 236 valence electrons. The van der Waals surface area contributed by atoms with Crippen LogP contribution in [0.1, 0.15) is 68.8 Å². The summed E-state index contributed by atoms with van der Waals surface area (Å²) in [6.07, 6.45) is 3.11. The molecule has 0 unspecified atom stereocenters. The summed E-state index contributed by atoms with van der Waals surface area (Å²) >= 11 is 13.1. The Morgan fingerprint density at radius 2 is 1.62 bits per heavy atom. The first-order chi connectivity index (χ1) is 21.7. The van der Waals surface area contributed by atoms with Gasteiger partial charge >= 0.3 is 0 Å². The second-order valence-electron chi connectivity index (χ2n) is 12.8. The molecule has 8 heteroatoms. The summed E-state index contributed by atoms with van der Waals surface area (Å²) in [4.78, 5) is 11.8. The van der Waals surface area contributed by atoms with Crippen molar-refractivity contribution in [2.24, 2.45) is 11.8 Å². The lowest BCUT2D eigenvalue weighted by Crippen LogP contribution is -2.38. The number of hydrogen-bond acceptors (Lipinski definition) is 4. The molecule has 0 spiro atoms. The lowest BCUT2D eigenvalue weighted by molar-refractivity contribution is 0.357. The molecule has 2 saturated heterocycles. The van der Waals surface area contributed by atoms with E-state index in [1.54, 1.807) is 0 Å². The molecule has 0 aliphatic carbocycles. The molecule has 2 aromatic heterocycles. The predicted molar refractivity (Wildman–Crippen MR) is 193 cm³/mol. The highest BCUT2D eigenvalue weighted by atomic mass is 35.5. The highest BCUT2D eigenvalue weighted by Gasteiger charge is 2.42. The van der Waals surface area contributed by atoms with Gasteiger partial charge in [-0.15, -0.1) is 0 Å². The number of benzene rings is 2. The van der Waals surface area contributed by atoms with E-state index >= 15 is 0 Å². The topological polar surface area (TPSA) is 39.6 Å². The lowest BCUT2D eigenvalue weighted by atomic mass is 9.91. The normalized spacial score (nSPS) is 21.7. The maximum absolute atomic E-state index is 7.08. The molecule has 2 aromatic carbocycles. The molecule has 4 atom stereocenters. The van der Waals surface area contributed by atoms with Crippen molar-refractivity contribution in [3.05, 3.63) is 101 Å². The number of thiocarbonyl (C=S) groups is 1. The first-order valence-electron chi connectivity index (χ1n) is 16.3. The maximum atomic E-state index is 7.08. The van der Waals surface area contributed by atoms with E-state index in [2.05, 4.69) is 121 Å². The van der Waals surface area contributed by atoms with Crippen molar-refractivity contribution in [3.63, 3.8) is 0 Å². The van der Waals surface area contributed by atoms with E-state index in [0.29, 0.717) is 16.9 Å². The van der Waals surface area contributed by atoms with Crippen LogP contribution < -0.4 is 20.0 Å². The van der Waals surface area contributed by atoms with Crippen LogP contribution in [0.25, 0.3) is 5.69 Å². The number of pyridine rings is 1. The zero-order valence-corrected chi connectivity index (χ0v) is 28.9. The van der Waals surface area contributed by atoms with Gasteiger partial charge in [-0.05, 0) is 124 Å². The number of rotatable bonds is 8. The van der Waals surface area contributed by atoms with E-state index in [4.69, 9.17) is 28.8 Å². The second-order valence-corrected chi connectivity index (χ2v) is 13.6. The Kier molecular flexibility index (Phi) is 9.12. The van der Waals surface area contributed by atoms with Crippen molar-refractivity contribution in [1.29, 1.82) is 0 Å². The van der Waals surface area contributed by atoms with Gasteiger partial charge < -0.3 is 24.6 Å². The number of halogens is 1. The highest BCUT2D eigenvalue weighted by molar-refractivity contribution is 7.80. The number of piperidine rings is 1. The average molecular weight is 641 g/mol. The smallest absolute Gasteiger partial charge is 0.174 e. The van der Waals surface area contributed by atoms with Gasteiger partial charge in [-0.2, -0.15) is 0 Å². The van der Waals surface area contributed by atoms with Gasteiger partial charge in [-0.1, -0.05) is 31.5 Å².